The van der Waals surface area contributed by atoms with Crippen LogP contribution >= 0.6 is 0 Å². The van der Waals surface area contributed by atoms with Crippen LogP contribution < -0.4 is 14.2 Å². The lowest BCUT2D eigenvalue weighted by molar-refractivity contribution is -0.0177. The number of likely N-dealkylation sites (tertiary alicyclic amines) is 1. The number of aliphatic hydroxyl groups is 1. The van der Waals surface area contributed by atoms with E-state index in [-0.39, 0.29) is 12.4 Å². The van der Waals surface area contributed by atoms with Crippen LogP contribution in [0.15, 0.2) is 54.9 Å². The molecule has 2 aromatic carbocycles. The Kier molecular flexibility index (Phi) is 8.25. The van der Waals surface area contributed by atoms with Gasteiger partial charge in [-0.15, -0.1) is 0 Å². The molecule has 4 rings (SSSR count). The molecule has 0 bridgehead atoms. The third-order valence-corrected chi connectivity index (χ3v) is 6.49. The Bertz CT molecular complexity index is 1110. The normalized spacial score (nSPS) is 18.7. The largest absolute Gasteiger partial charge is 0.493 e. The van der Waals surface area contributed by atoms with E-state index in [4.69, 9.17) is 14.2 Å². The lowest BCUT2D eigenvalue weighted by Crippen LogP contribution is -2.37. The number of nitrogens with zero attached hydrogens (tertiary/aromatic N) is 3. The highest BCUT2D eigenvalue weighted by Crippen LogP contribution is 2.30. The number of imidazole rings is 1. The van der Waals surface area contributed by atoms with Crippen molar-refractivity contribution in [1.82, 2.24) is 14.5 Å². The standard InChI is InChI=1S/C27H34FN3O4/c1-21-29-12-15-31(21)16-17-34-26-18-22(8-9-25(26)33-2)19-30-13-5-10-27(32,11-14-30)20-35-24-7-4-3-6-23(24)28/h3-4,6-9,12,15,18,32H,5,10-11,13-14,16-17,19-20H2,1-2H3/t27-/m0/s1. The van der Waals surface area contributed by atoms with Gasteiger partial charge >= 0.3 is 0 Å². The van der Waals surface area contributed by atoms with E-state index in [1.165, 1.54) is 6.07 Å². The van der Waals surface area contributed by atoms with Crippen LogP contribution in [0.1, 0.15) is 30.7 Å². The van der Waals surface area contributed by atoms with E-state index < -0.39 is 11.4 Å². The summed E-state index contributed by atoms with van der Waals surface area (Å²) in [6.07, 6.45) is 5.73. The second kappa shape index (κ2) is 11.6. The fourth-order valence-corrected chi connectivity index (χ4v) is 4.40. The zero-order valence-electron chi connectivity index (χ0n) is 20.5. The van der Waals surface area contributed by atoms with E-state index in [0.29, 0.717) is 37.5 Å². The van der Waals surface area contributed by atoms with Crippen molar-refractivity contribution in [2.45, 2.75) is 44.9 Å². The Morgan fingerprint density at radius 2 is 1.91 bits per heavy atom. The van der Waals surface area contributed by atoms with Crippen molar-refractivity contribution in [3.05, 3.63) is 72.1 Å². The van der Waals surface area contributed by atoms with Gasteiger partial charge in [0.15, 0.2) is 23.1 Å². The predicted octanol–water partition coefficient (Wildman–Crippen LogP) is 4.21. The highest BCUT2D eigenvalue weighted by molar-refractivity contribution is 5.43. The first-order valence-corrected chi connectivity index (χ1v) is 12.1. The minimum absolute atomic E-state index is 0.0820. The Labute approximate surface area is 206 Å². The van der Waals surface area contributed by atoms with Gasteiger partial charge in [0, 0.05) is 25.5 Å². The molecule has 8 heteroatoms. The van der Waals surface area contributed by atoms with Crippen LogP contribution in [0.2, 0.25) is 0 Å². The predicted molar refractivity (Wildman–Crippen MR) is 131 cm³/mol. The molecule has 0 spiro atoms. The summed E-state index contributed by atoms with van der Waals surface area (Å²) in [6.45, 7) is 5.59. The van der Waals surface area contributed by atoms with E-state index in [1.54, 1.807) is 31.5 Å². The Hall–Kier alpha value is -3.10. The smallest absolute Gasteiger partial charge is 0.165 e. The van der Waals surface area contributed by atoms with Crippen molar-refractivity contribution in [1.29, 1.82) is 0 Å². The fourth-order valence-electron chi connectivity index (χ4n) is 4.40. The highest BCUT2D eigenvalue weighted by atomic mass is 19.1. The van der Waals surface area contributed by atoms with Crippen LogP contribution in [0, 0.1) is 12.7 Å². The summed E-state index contributed by atoms with van der Waals surface area (Å²) in [4.78, 5) is 6.56. The minimum atomic E-state index is -0.976. The summed E-state index contributed by atoms with van der Waals surface area (Å²) in [7, 11) is 1.64. The maximum Gasteiger partial charge on any atom is 0.165 e. The van der Waals surface area contributed by atoms with E-state index in [2.05, 4.69) is 9.88 Å². The second-order valence-electron chi connectivity index (χ2n) is 9.07. The van der Waals surface area contributed by atoms with Crippen LogP contribution in [-0.4, -0.2) is 58.6 Å². The maximum absolute atomic E-state index is 13.9. The van der Waals surface area contributed by atoms with Crippen molar-refractivity contribution < 1.29 is 23.7 Å². The van der Waals surface area contributed by atoms with Gasteiger partial charge in [0.1, 0.15) is 19.0 Å². The van der Waals surface area contributed by atoms with Crippen molar-refractivity contribution in [3.63, 3.8) is 0 Å². The molecular weight excluding hydrogens is 449 g/mol. The van der Waals surface area contributed by atoms with Gasteiger partial charge in [0.25, 0.3) is 0 Å². The molecule has 7 nitrogen and oxygen atoms in total. The van der Waals surface area contributed by atoms with Gasteiger partial charge in [-0.2, -0.15) is 0 Å². The molecule has 1 saturated heterocycles. The van der Waals surface area contributed by atoms with Gasteiger partial charge in [-0.25, -0.2) is 9.37 Å². The van der Waals surface area contributed by atoms with Crippen molar-refractivity contribution in [3.8, 4) is 17.2 Å². The number of rotatable bonds is 10. The first-order chi connectivity index (χ1) is 17.0. The Morgan fingerprint density at radius 1 is 1.06 bits per heavy atom. The summed E-state index contributed by atoms with van der Waals surface area (Å²) in [5.74, 6) is 2.13. The number of para-hydroxylation sites is 1. The molecule has 1 aromatic heterocycles. The molecule has 0 radical (unpaired) electrons. The van der Waals surface area contributed by atoms with E-state index in [0.717, 1.165) is 37.4 Å². The maximum atomic E-state index is 13.9. The number of aryl methyl sites for hydroxylation is 1. The Morgan fingerprint density at radius 3 is 2.69 bits per heavy atom. The first kappa shape index (κ1) is 25.0. The zero-order chi connectivity index (χ0) is 24.7. The van der Waals surface area contributed by atoms with Crippen LogP contribution in [0.4, 0.5) is 4.39 Å². The topological polar surface area (TPSA) is 69.0 Å². The second-order valence-corrected chi connectivity index (χ2v) is 9.07. The number of ether oxygens (including phenoxy) is 3. The molecule has 0 unspecified atom stereocenters. The van der Waals surface area contributed by atoms with E-state index in [9.17, 15) is 9.50 Å². The highest BCUT2D eigenvalue weighted by Gasteiger charge is 2.31. The number of aromatic nitrogens is 2. The van der Waals surface area contributed by atoms with Crippen molar-refractivity contribution in [2.75, 3.05) is 33.4 Å². The quantitative estimate of drug-likeness (QED) is 0.466. The lowest BCUT2D eigenvalue weighted by atomic mass is 9.96. The average Bonchev–Trinajstić information content (AvgIpc) is 3.17. The van der Waals surface area contributed by atoms with Crippen molar-refractivity contribution in [2.24, 2.45) is 0 Å². The molecule has 1 fully saturated rings. The van der Waals surface area contributed by atoms with Gasteiger partial charge in [-0.3, -0.25) is 4.90 Å². The summed E-state index contributed by atoms with van der Waals surface area (Å²) in [6, 6.07) is 12.3. The molecule has 2 heterocycles. The van der Waals surface area contributed by atoms with Gasteiger partial charge < -0.3 is 23.9 Å². The summed E-state index contributed by atoms with van der Waals surface area (Å²) >= 11 is 0. The third kappa shape index (κ3) is 6.74. The molecule has 1 aliphatic heterocycles. The van der Waals surface area contributed by atoms with Crippen molar-refractivity contribution >= 4 is 0 Å². The molecule has 1 N–H and O–H groups in total. The summed E-state index contributed by atoms with van der Waals surface area (Å²) < 4.78 is 33.1. The molecule has 188 valence electrons. The summed E-state index contributed by atoms with van der Waals surface area (Å²) in [5.41, 5.74) is 0.143. The van der Waals surface area contributed by atoms with Gasteiger partial charge in [-0.1, -0.05) is 18.2 Å². The number of hydrogen-bond donors (Lipinski definition) is 1. The third-order valence-electron chi connectivity index (χ3n) is 6.49. The summed E-state index contributed by atoms with van der Waals surface area (Å²) in [5, 5.41) is 11.1. The van der Waals surface area contributed by atoms with Gasteiger partial charge in [0.2, 0.25) is 0 Å². The number of benzene rings is 2. The molecule has 0 amide bonds. The molecule has 35 heavy (non-hydrogen) atoms. The van der Waals surface area contributed by atoms with Gasteiger partial charge in [-0.05, 0) is 62.6 Å². The molecule has 0 saturated carbocycles. The van der Waals surface area contributed by atoms with Gasteiger partial charge in [0.05, 0.1) is 19.3 Å². The lowest BCUT2D eigenvalue weighted by Gasteiger charge is -2.27. The Balaban J connectivity index is 1.32. The molecule has 1 aliphatic rings. The van der Waals surface area contributed by atoms with Crippen LogP contribution in [0.25, 0.3) is 0 Å². The van der Waals surface area contributed by atoms with E-state index >= 15 is 0 Å². The molecule has 1 atom stereocenters. The van der Waals surface area contributed by atoms with Crippen LogP contribution in [-0.2, 0) is 13.1 Å². The van der Waals surface area contributed by atoms with Crippen LogP contribution in [0.5, 0.6) is 17.2 Å². The SMILES string of the molecule is COc1ccc(CN2CCC[C@@](O)(COc3ccccc3F)CC2)cc1OCCn1ccnc1C. The fraction of sp³-hybridized carbons (Fsp3) is 0.444. The van der Waals surface area contributed by atoms with Crippen LogP contribution in [0.3, 0.4) is 0 Å². The monoisotopic (exact) mass is 483 g/mol. The zero-order valence-corrected chi connectivity index (χ0v) is 20.5. The number of methoxy groups -OCH3 is 1. The minimum Gasteiger partial charge on any atom is -0.493 e. The van der Waals surface area contributed by atoms with E-state index in [1.807, 2.05) is 35.9 Å². The molecular formula is C27H34FN3O4. The number of halogens is 1. The molecule has 3 aromatic rings. The first-order valence-electron chi connectivity index (χ1n) is 12.1. The molecule has 0 aliphatic carbocycles. The average molecular weight is 484 g/mol. The number of hydrogen-bond acceptors (Lipinski definition) is 6.